The Labute approximate surface area is 176 Å². The Morgan fingerprint density at radius 1 is 1.21 bits per heavy atom. The molecule has 1 N–H and O–H groups in total. The molecule has 7 nitrogen and oxygen atoms in total. The van der Waals surface area contributed by atoms with Gasteiger partial charge in [-0.25, -0.2) is 8.42 Å². The SMILES string of the molecule is CN(C)CCCNC(=O)C1CN(S(=O)(=O)c2ccc(Cl)cc2)c2ccccc2O1. The maximum absolute atomic E-state index is 13.3. The number of rotatable bonds is 7. The maximum Gasteiger partial charge on any atom is 0.264 e. The van der Waals surface area contributed by atoms with Crippen molar-refractivity contribution in [3.05, 3.63) is 53.6 Å². The van der Waals surface area contributed by atoms with Crippen molar-refractivity contribution in [3.63, 3.8) is 0 Å². The second kappa shape index (κ2) is 9.02. The van der Waals surface area contributed by atoms with E-state index in [2.05, 4.69) is 5.32 Å². The van der Waals surface area contributed by atoms with E-state index in [4.69, 9.17) is 16.3 Å². The molecule has 29 heavy (non-hydrogen) atoms. The summed E-state index contributed by atoms with van der Waals surface area (Å²) < 4.78 is 33.5. The number of halogens is 1. The molecule has 9 heteroatoms. The van der Waals surface area contributed by atoms with E-state index in [1.54, 1.807) is 24.3 Å². The highest BCUT2D eigenvalue weighted by atomic mass is 35.5. The number of carbonyl (C=O) groups is 1. The number of nitrogens with one attached hydrogen (secondary N) is 1. The Kier molecular flexibility index (Phi) is 6.66. The summed E-state index contributed by atoms with van der Waals surface area (Å²) in [5.74, 6) is 0.0132. The molecule has 1 atom stereocenters. The van der Waals surface area contributed by atoms with Crippen molar-refractivity contribution < 1.29 is 17.9 Å². The normalized spacial score (nSPS) is 16.3. The summed E-state index contributed by atoms with van der Waals surface area (Å²) in [6.07, 6.45) is -0.152. The van der Waals surface area contributed by atoms with Crippen molar-refractivity contribution in [3.8, 4) is 5.75 Å². The van der Waals surface area contributed by atoms with Gasteiger partial charge >= 0.3 is 0 Å². The summed E-state index contributed by atoms with van der Waals surface area (Å²) in [4.78, 5) is 14.7. The smallest absolute Gasteiger partial charge is 0.264 e. The number of hydrogen-bond acceptors (Lipinski definition) is 5. The van der Waals surface area contributed by atoms with Gasteiger partial charge in [-0.1, -0.05) is 23.7 Å². The van der Waals surface area contributed by atoms with Crippen LogP contribution in [0.5, 0.6) is 5.75 Å². The molecule has 2 aromatic rings. The monoisotopic (exact) mass is 437 g/mol. The largest absolute Gasteiger partial charge is 0.476 e. The number of ether oxygens (including phenoxy) is 1. The van der Waals surface area contributed by atoms with Crippen LogP contribution in [0, 0.1) is 0 Å². The van der Waals surface area contributed by atoms with Crippen LogP contribution in [0.3, 0.4) is 0 Å². The first-order valence-electron chi connectivity index (χ1n) is 9.25. The van der Waals surface area contributed by atoms with Gasteiger partial charge in [-0.15, -0.1) is 0 Å². The van der Waals surface area contributed by atoms with Gasteiger partial charge in [0, 0.05) is 11.6 Å². The Morgan fingerprint density at radius 2 is 1.90 bits per heavy atom. The molecule has 156 valence electrons. The van der Waals surface area contributed by atoms with Crippen LogP contribution >= 0.6 is 11.6 Å². The maximum atomic E-state index is 13.3. The van der Waals surface area contributed by atoms with Crippen LogP contribution in [0.2, 0.25) is 5.02 Å². The quantitative estimate of drug-likeness (QED) is 0.673. The first kappa shape index (κ1) is 21.4. The zero-order valence-electron chi connectivity index (χ0n) is 16.3. The molecule has 1 unspecified atom stereocenters. The number of sulfonamides is 1. The average molecular weight is 438 g/mol. The third-order valence-electron chi connectivity index (χ3n) is 4.51. The summed E-state index contributed by atoms with van der Waals surface area (Å²) >= 11 is 5.89. The van der Waals surface area contributed by atoms with E-state index in [1.165, 1.54) is 28.6 Å². The first-order valence-corrected chi connectivity index (χ1v) is 11.1. The van der Waals surface area contributed by atoms with Gasteiger partial charge in [0.2, 0.25) is 0 Å². The van der Waals surface area contributed by atoms with Gasteiger partial charge in [-0.05, 0) is 63.5 Å². The molecule has 0 fully saturated rings. The van der Waals surface area contributed by atoms with Gasteiger partial charge < -0.3 is 15.0 Å². The number of anilines is 1. The lowest BCUT2D eigenvalue weighted by Gasteiger charge is -2.34. The number of amides is 1. The molecule has 0 aromatic heterocycles. The highest BCUT2D eigenvalue weighted by molar-refractivity contribution is 7.92. The van der Waals surface area contributed by atoms with Crippen LogP contribution in [0.1, 0.15) is 6.42 Å². The molecule has 1 heterocycles. The molecule has 0 spiro atoms. The molecule has 3 rings (SSSR count). The van der Waals surface area contributed by atoms with Crippen LogP contribution in [-0.4, -0.2) is 59.1 Å². The fourth-order valence-corrected chi connectivity index (χ4v) is 4.62. The number of carbonyl (C=O) groups excluding carboxylic acids is 1. The van der Waals surface area contributed by atoms with Crippen LogP contribution in [0.25, 0.3) is 0 Å². The minimum Gasteiger partial charge on any atom is -0.476 e. The minimum atomic E-state index is -3.89. The molecule has 0 saturated carbocycles. The molecular weight excluding hydrogens is 414 g/mol. The number of benzene rings is 2. The second-order valence-corrected chi connectivity index (χ2v) is 9.31. The molecule has 1 aliphatic heterocycles. The Balaban J connectivity index is 1.83. The lowest BCUT2D eigenvalue weighted by atomic mass is 10.2. The second-order valence-electron chi connectivity index (χ2n) is 7.01. The molecule has 1 aliphatic rings. The molecule has 0 radical (unpaired) electrons. The van der Waals surface area contributed by atoms with Gasteiger partial charge in [-0.2, -0.15) is 0 Å². The Morgan fingerprint density at radius 3 is 2.59 bits per heavy atom. The molecule has 0 aliphatic carbocycles. The third-order valence-corrected chi connectivity index (χ3v) is 6.56. The molecule has 1 amide bonds. The van der Waals surface area contributed by atoms with E-state index < -0.39 is 16.1 Å². The lowest BCUT2D eigenvalue weighted by molar-refractivity contribution is -0.127. The predicted octanol–water partition coefficient (Wildman–Crippen LogP) is 2.36. The van der Waals surface area contributed by atoms with Crippen molar-refractivity contribution >= 4 is 33.2 Å². The van der Waals surface area contributed by atoms with Crippen molar-refractivity contribution in [2.75, 3.05) is 38.0 Å². The van der Waals surface area contributed by atoms with E-state index in [9.17, 15) is 13.2 Å². The van der Waals surface area contributed by atoms with Gasteiger partial charge in [-0.3, -0.25) is 9.10 Å². The molecule has 2 aromatic carbocycles. The topological polar surface area (TPSA) is 79.0 Å². The molecule has 0 saturated heterocycles. The Bertz CT molecular complexity index is 964. The van der Waals surface area contributed by atoms with E-state index in [-0.39, 0.29) is 17.3 Å². The van der Waals surface area contributed by atoms with Gasteiger partial charge in [0.25, 0.3) is 15.9 Å². The number of para-hydroxylation sites is 2. The van der Waals surface area contributed by atoms with Crippen LogP contribution in [0.4, 0.5) is 5.69 Å². The fraction of sp³-hybridized carbons (Fsp3) is 0.350. The van der Waals surface area contributed by atoms with E-state index in [0.29, 0.717) is 23.0 Å². The van der Waals surface area contributed by atoms with Crippen LogP contribution in [-0.2, 0) is 14.8 Å². The zero-order valence-corrected chi connectivity index (χ0v) is 17.9. The van der Waals surface area contributed by atoms with E-state index >= 15 is 0 Å². The van der Waals surface area contributed by atoms with Gasteiger partial charge in [0.05, 0.1) is 17.1 Å². The predicted molar refractivity (Wildman–Crippen MR) is 113 cm³/mol. The van der Waals surface area contributed by atoms with Crippen molar-refractivity contribution in [1.29, 1.82) is 0 Å². The van der Waals surface area contributed by atoms with E-state index in [0.717, 1.165) is 13.0 Å². The summed E-state index contributed by atoms with van der Waals surface area (Å²) in [7, 11) is 0.0346. The van der Waals surface area contributed by atoms with Crippen molar-refractivity contribution in [2.45, 2.75) is 17.4 Å². The first-order chi connectivity index (χ1) is 13.8. The summed E-state index contributed by atoms with van der Waals surface area (Å²) in [6.45, 7) is 1.22. The highest BCUT2D eigenvalue weighted by Gasteiger charge is 2.37. The van der Waals surface area contributed by atoms with Gasteiger partial charge in [0.1, 0.15) is 5.75 Å². The minimum absolute atomic E-state index is 0.101. The van der Waals surface area contributed by atoms with Crippen LogP contribution in [0.15, 0.2) is 53.4 Å². The van der Waals surface area contributed by atoms with Crippen molar-refractivity contribution in [1.82, 2.24) is 10.2 Å². The highest BCUT2D eigenvalue weighted by Crippen LogP contribution is 2.36. The average Bonchev–Trinajstić information content (AvgIpc) is 2.70. The lowest BCUT2D eigenvalue weighted by Crippen LogP contribution is -2.50. The fourth-order valence-electron chi connectivity index (χ4n) is 3.02. The Hall–Kier alpha value is -2.29. The van der Waals surface area contributed by atoms with Crippen LogP contribution < -0.4 is 14.4 Å². The molecular formula is C20H24ClN3O4S. The summed E-state index contributed by atoms with van der Waals surface area (Å²) in [6, 6.07) is 12.7. The summed E-state index contributed by atoms with van der Waals surface area (Å²) in [5.41, 5.74) is 0.402. The van der Waals surface area contributed by atoms with Gasteiger partial charge in [0.15, 0.2) is 6.10 Å². The number of fused-ring (bicyclic) bond motifs is 1. The van der Waals surface area contributed by atoms with Crippen molar-refractivity contribution in [2.24, 2.45) is 0 Å². The zero-order chi connectivity index (χ0) is 21.0. The summed E-state index contributed by atoms with van der Waals surface area (Å²) in [5, 5.41) is 3.27. The van der Waals surface area contributed by atoms with E-state index in [1.807, 2.05) is 19.0 Å². The third kappa shape index (κ3) is 5.01. The molecule has 0 bridgehead atoms. The number of nitrogens with zero attached hydrogens (tertiary/aromatic N) is 2. The standard InChI is InChI=1S/C20H24ClN3O4S/c1-23(2)13-5-12-22-20(25)19-14-24(17-6-3-4-7-18(17)28-19)29(26,27)16-10-8-15(21)9-11-16/h3-4,6-11,19H,5,12-14H2,1-2H3,(H,22,25). The number of hydrogen-bond donors (Lipinski definition) is 1.